The number of anilines is 2. The van der Waals surface area contributed by atoms with Crippen molar-refractivity contribution in [3.8, 4) is 0 Å². The van der Waals surface area contributed by atoms with Gasteiger partial charge in [-0.1, -0.05) is 0 Å². The smallest absolute Gasteiger partial charge is 0.252 e. The number of hydrogen-bond acceptors (Lipinski definition) is 3. The summed E-state index contributed by atoms with van der Waals surface area (Å²) < 4.78 is 0. The molecule has 1 aromatic rings. The predicted molar refractivity (Wildman–Crippen MR) is 51.4 cm³/mol. The lowest BCUT2D eigenvalue weighted by Gasteiger charge is -2.15. The number of nitrogen functional groups attached to an aromatic ring is 1. The maximum atomic E-state index is 11.0. The molecule has 13 heavy (non-hydrogen) atoms. The number of carbonyl (C=O) groups is 1. The van der Waals surface area contributed by atoms with Crippen molar-refractivity contribution in [2.75, 3.05) is 24.3 Å². The molecule has 0 aliphatic rings. The first-order valence-electron chi connectivity index (χ1n) is 3.88. The first kappa shape index (κ1) is 9.54. The van der Waals surface area contributed by atoms with Crippen molar-refractivity contribution in [3.05, 3.63) is 24.3 Å². The topological polar surface area (TPSA) is 66.6 Å². The normalized spacial score (nSPS) is 9.69. The van der Waals surface area contributed by atoms with Crippen LogP contribution in [0, 0.1) is 0 Å². The number of nitrogens with zero attached hydrogens (tertiary/aromatic N) is 1. The fourth-order valence-electron chi connectivity index (χ4n) is 0.948. The van der Waals surface area contributed by atoms with E-state index in [1.54, 1.807) is 31.3 Å². The lowest BCUT2D eigenvalue weighted by Crippen LogP contribution is -2.28. The Morgan fingerprint density at radius 1 is 1.46 bits per heavy atom. The summed E-state index contributed by atoms with van der Waals surface area (Å²) in [6, 6.07) is 6.86. The van der Waals surface area contributed by atoms with Crippen LogP contribution in [0.3, 0.4) is 0 Å². The summed E-state index contributed by atoms with van der Waals surface area (Å²) in [4.78, 5) is 12.4. The van der Waals surface area contributed by atoms with Gasteiger partial charge in [-0.05, 0) is 24.3 Å². The van der Waals surface area contributed by atoms with Gasteiger partial charge >= 0.3 is 0 Å². The van der Waals surface area contributed by atoms with E-state index in [2.05, 4.69) is 0 Å². The number of aliphatic hydroxyl groups excluding tert-OH is 1. The number of rotatable bonds is 2. The van der Waals surface area contributed by atoms with E-state index in [9.17, 15) is 4.79 Å². The molecule has 0 spiro atoms. The van der Waals surface area contributed by atoms with Crippen LogP contribution in [-0.2, 0) is 4.79 Å². The monoisotopic (exact) mass is 180 g/mol. The van der Waals surface area contributed by atoms with Gasteiger partial charge in [-0.2, -0.15) is 0 Å². The van der Waals surface area contributed by atoms with E-state index < -0.39 is 6.61 Å². The molecule has 1 amide bonds. The van der Waals surface area contributed by atoms with Gasteiger partial charge in [-0.15, -0.1) is 0 Å². The molecule has 4 nitrogen and oxygen atoms in total. The second-order valence-corrected chi connectivity index (χ2v) is 2.70. The Hall–Kier alpha value is -1.55. The Morgan fingerprint density at radius 3 is 2.46 bits per heavy atom. The molecule has 0 aliphatic heterocycles. The molecule has 1 rings (SSSR count). The quantitative estimate of drug-likeness (QED) is 0.640. The zero-order valence-electron chi connectivity index (χ0n) is 7.40. The zero-order chi connectivity index (χ0) is 9.84. The van der Waals surface area contributed by atoms with E-state index in [4.69, 9.17) is 10.8 Å². The zero-order valence-corrected chi connectivity index (χ0v) is 7.40. The van der Waals surface area contributed by atoms with Gasteiger partial charge in [0.2, 0.25) is 0 Å². The van der Waals surface area contributed by atoms with Crippen LogP contribution in [0.5, 0.6) is 0 Å². The Labute approximate surface area is 76.6 Å². The molecule has 0 aromatic heterocycles. The van der Waals surface area contributed by atoms with E-state index in [1.165, 1.54) is 4.90 Å². The van der Waals surface area contributed by atoms with E-state index in [1.807, 2.05) is 0 Å². The fraction of sp³-hybridized carbons (Fsp3) is 0.222. The Balaban J connectivity index is 2.83. The largest absolute Gasteiger partial charge is 0.399 e. The third-order valence-corrected chi connectivity index (χ3v) is 1.79. The molecular formula is C9H12N2O2. The Morgan fingerprint density at radius 2 is 2.00 bits per heavy atom. The molecular weight excluding hydrogens is 168 g/mol. The Bertz CT molecular complexity index is 295. The van der Waals surface area contributed by atoms with Crippen molar-refractivity contribution in [2.24, 2.45) is 0 Å². The highest BCUT2D eigenvalue weighted by molar-refractivity contribution is 5.93. The third-order valence-electron chi connectivity index (χ3n) is 1.79. The summed E-state index contributed by atoms with van der Waals surface area (Å²) in [6.45, 7) is -0.485. The lowest BCUT2D eigenvalue weighted by atomic mass is 10.2. The molecule has 0 bridgehead atoms. The van der Waals surface area contributed by atoms with Gasteiger partial charge in [0, 0.05) is 18.4 Å². The first-order valence-corrected chi connectivity index (χ1v) is 3.88. The molecule has 1 aromatic carbocycles. The van der Waals surface area contributed by atoms with Crippen molar-refractivity contribution in [2.45, 2.75) is 0 Å². The van der Waals surface area contributed by atoms with Crippen LogP contribution in [0.15, 0.2) is 24.3 Å². The molecule has 4 heteroatoms. The van der Waals surface area contributed by atoms with E-state index >= 15 is 0 Å². The van der Waals surface area contributed by atoms with Gasteiger partial charge in [0.15, 0.2) is 0 Å². The number of likely N-dealkylation sites (N-methyl/N-ethyl adjacent to an activating group) is 1. The van der Waals surface area contributed by atoms with Crippen molar-refractivity contribution in [1.29, 1.82) is 0 Å². The number of aliphatic hydroxyl groups is 1. The molecule has 0 radical (unpaired) electrons. The van der Waals surface area contributed by atoms with E-state index in [0.29, 0.717) is 11.4 Å². The lowest BCUT2D eigenvalue weighted by molar-refractivity contribution is -0.120. The molecule has 0 atom stereocenters. The molecule has 0 fully saturated rings. The molecule has 0 saturated carbocycles. The van der Waals surface area contributed by atoms with Crippen LogP contribution in [0.4, 0.5) is 11.4 Å². The summed E-state index contributed by atoms with van der Waals surface area (Å²) in [5, 5.41) is 8.61. The minimum Gasteiger partial charge on any atom is -0.399 e. The summed E-state index contributed by atoms with van der Waals surface area (Å²) in [5.41, 5.74) is 6.85. The van der Waals surface area contributed by atoms with Crippen LogP contribution >= 0.6 is 0 Å². The average molecular weight is 180 g/mol. The van der Waals surface area contributed by atoms with Crippen molar-refractivity contribution < 1.29 is 9.90 Å². The van der Waals surface area contributed by atoms with Gasteiger partial charge in [0.1, 0.15) is 6.61 Å². The van der Waals surface area contributed by atoms with E-state index in [-0.39, 0.29) is 5.91 Å². The van der Waals surface area contributed by atoms with Crippen molar-refractivity contribution >= 4 is 17.3 Å². The van der Waals surface area contributed by atoms with Crippen LogP contribution in [0.2, 0.25) is 0 Å². The highest BCUT2D eigenvalue weighted by Crippen LogP contribution is 2.14. The summed E-state index contributed by atoms with van der Waals surface area (Å²) in [5.74, 6) is -0.343. The van der Waals surface area contributed by atoms with Gasteiger partial charge in [-0.25, -0.2) is 0 Å². The van der Waals surface area contributed by atoms with Crippen LogP contribution in [-0.4, -0.2) is 24.7 Å². The van der Waals surface area contributed by atoms with Gasteiger partial charge in [0.05, 0.1) is 0 Å². The van der Waals surface area contributed by atoms with Gasteiger partial charge in [-0.3, -0.25) is 4.79 Å². The molecule has 3 N–H and O–H groups in total. The molecule has 0 heterocycles. The third kappa shape index (κ3) is 2.19. The second-order valence-electron chi connectivity index (χ2n) is 2.70. The first-order chi connectivity index (χ1) is 6.15. The molecule has 70 valence electrons. The SMILES string of the molecule is CN(C(=O)CO)c1ccc(N)cc1. The van der Waals surface area contributed by atoms with Crippen LogP contribution in [0.25, 0.3) is 0 Å². The summed E-state index contributed by atoms with van der Waals surface area (Å²) >= 11 is 0. The van der Waals surface area contributed by atoms with Gasteiger partial charge in [0.25, 0.3) is 5.91 Å². The number of benzene rings is 1. The molecule has 0 unspecified atom stereocenters. The number of amides is 1. The van der Waals surface area contributed by atoms with Crippen LogP contribution in [0.1, 0.15) is 0 Å². The Kier molecular flexibility index (Phi) is 2.87. The highest BCUT2D eigenvalue weighted by atomic mass is 16.3. The predicted octanol–water partition coefficient (Wildman–Crippen LogP) is 0.224. The van der Waals surface area contributed by atoms with Crippen molar-refractivity contribution in [1.82, 2.24) is 0 Å². The number of nitrogens with two attached hydrogens (primary N) is 1. The molecule has 0 saturated heterocycles. The summed E-state index contributed by atoms with van der Waals surface area (Å²) in [7, 11) is 1.60. The maximum absolute atomic E-state index is 11.0. The molecule has 0 aliphatic carbocycles. The van der Waals surface area contributed by atoms with Crippen molar-refractivity contribution in [3.63, 3.8) is 0 Å². The second kappa shape index (κ2) is 3.91. The van der Waals surface area contributed by atoms with Gasteiger partial charge < -0.3 is 15.7 Å². The summed E-state index contributed by atoms with van der Waals surface area (Å²) in [6.07, 6.45) is 0. The number of hydrogen-bond donors (Lipinski definition) is 2. The van der Waals surface area contributed by atoms with Crippen LogP contribution < -0.4 is 10.6 Å². The number of carbonyl (C=O) groups excluding carboxylic acids is 1. The average Bonchev–Trinajstić information content (AvgIpc) is 2.17. The minimum atomic E-state index is -0.485. The highest BCUT2D eigenvalue weighted by Gasteiger charge is 2.07. The van der Waals surface area contributed by atoms with E-state index in [0.717, 1.165) is 0 Å². The standard InChI is InChI=1S/C9H12N2O2/c1-11(9(13)6-12)8-4-2-7(10)3-5-8/h2-5,12H,6,10H2,1H3. The minimum absolute atomic E-state index is 0.343. The fourth-order valence-corrected chi connectivity index (χ4v) is 0.948. The maximum Gasteiger partial charge on any atom is 0.252 e.